The summed E-state index contributed by atoms with van der Waals surface area (Å²) in [6.07, 6.45) is 14.7. The van der Waals surface area contributed by atoms with Crippen molar-refractivity contribution in [1.29, 1.82) is 0 Å². The van der Waals surface area contributed by atoms with Gasteiger partial charge in [0.15, 0.2) is 0 Å². The van der Waals surface area contributed by atoms with Crippen LogP contribution in [0.5, 0.6) is 0 Å². The molecule has 1 aliphatic carbocycles. The highest BCUT2D eigenvalue weighted by Gasteiger charge is 2.55. The molecule has 2 aromatic heterocycles. The standard InChI is InChI=1S/C23H31N5O/c1-18-25-15-20(16-26-18)17-28-11-8-23(9-12-28)13-21(23)27-22(29)7-3-2-5-19-6-4-10-24-14-19/h4,6,10,14-16,21H,2-3,5,7-9,11-13,17H2,1H3,(H,27,29). The zero-order valence-electron chi connectivity index (χ0n) is 17.3. The highest BCUT2D eigenvalue weighted by atomic mass is 16.1. The summed E-state index contributed by atoms with van der Waals surface area (Å²) in [7, 11) is 0. The van der Waals surface area contributed by atoms with Crippen LogP contribution >= 0.6 is 0 Å². The molecule has 1 saturated heterocycles. The smallest absolute Gasteiger partial charge is 0.220 e. The molecule has 1 atom stereocenters. The van der Waals surface area contributed by atoms with E-state index in [-0.39, 0.29) is 5.91 Å². The molecule has 6 nitrogen and oxygen atoms in total. The van der Waals surface area contributed by atoms with E-state index in [9.17, 15) is 4.79 Å². The number of aryl methyl sites for hydroxylation is 2. The zero-order chi connectivity index (χ0) is 20.1. The molecular weight excluding hydrogens is 362 g/mol. The molecule has 0 radical (unpaired) electrons. The summed E-state index contributed by atoms with van der Waals surface area (Å²) in [6.45, 7) is 5.01. The fraction of sp³-hybridized carbons (Fsp3) is 0.565. The minimum atomic E-state index is 0.220. The van der Waals surface area contributed by atoms with Crippen LogP contribution in [0.1, 0.15) is 55.5 Å². The first-order chi connectivity index (χ1) is 14.1. The lowest BCUT2D eigenvalue weighted by atomic mass is 9.92. The molecule has 0 bridgehead atoms. The van der Waals surface area contributed by atoms with E-state index in [1.165, 1.54) is 24.0 Å². The number of unbranched alkanes of at least 4 members (excludes halogenated alkanes) is 1. The van der Waals surface area contributed by atoms with E-state index in [1.54, 1.807) is 6.20 Å². The van der Waals surface area contributed by atoms with Crippen molar-refractivity contribution in [3.05, 3.63) is 53.9 Å². The van der Waals surface area contributed by atoms with Gasteiger partial charge in [0.1, 0.15) is 5.82 Å². The van der Waals surface area contributed by atoms with Gasteiger partial charge in [-0.1, -0.05) is 6.07 Å². The second-order valence-electron chi connectivity index (χ2n) is 8.67. The van der Waals surface area contributed by atoms with Crippen molar-refractivity contribution >= 4 is 5.91 Å². The van der Waals surface area contributed by atoms with E-state index >= 15 is 0 Å². The predicted molar refractivity (Wildman–Crippen MR) is 112 cm³/mol. The van der Waals surface area contributed by atoms with Gasteiger partial charge in [0.2, 0.25) is 5.91 Å². The molecule has 1 N–H and O–H groups in total. The van der Waals surface area contributed by atoms with Crippen molar-refractivity contribution < 1.29 is 4.79 Å². The molecule has 2 aromatic rings. The number of carbonyl (C=O) groups is 1. The highest BCUT2D eigenvalue weighted by Crippen LogP contribution is 2.54. The molecule has 1 saturated carbocycles. The van der Waals surface area contributed by atoms with Crippen LogP contribution in [0.3, 0.4) is 0 Å². The summed E-state index contributed by atoms with van der Waals surface area (Å²) >= 11 is 0. The number of nitrogens with zero attached hydrogens (tertiary/aromatic N) is 4. The number of pyridine rings is 1. The molecule has 1 aliphatic heterocycles. The van der Waals surface area contributed by atoms with Crippen LogP contribution in [0.2, 0.25) is 0 Å². The second kappa shape index (κ2) is 8.99. The van der Waals surface area contributed by atoms with Gasteiger partial charge in [-0.15, -0.1) is 0 Å². The average Bonchev–Trinajstić information content (AvgIpc) is 3.40. The first kappa shape index (κ1) is 20.0. The van der Waals surface area contributed by atoms with Crippen LogP contribution in [0.4, 0.5) is 0 Å². The van der Waals surface area contributed by atoms with Gasteiger partial charge in [-0.05, 0) is 75.6 Å². The Balaban J connectivity index is 1.13. The molecule has 2 fully saturated rings. The van der Waals surface area contributed by atoms with Crippen molar-refractivity contribution in [2.45, 2.75) is 64.5 Å². The number of aromatic nitrogens is 3. The maximum atomic E-state index is 12.3. The van der Waals surface area contributed by atoms with Gasteiger partial charge in [0, 0.05) is 49.4 Å². The summed E-state index contributed by atoms with van der Waals surface area (Å²) in [4.78, 5) is 27.5. The lowest BCUT2D eigenvalue weighted by Crippen LogP contribution is -2.38. The number of rotatable bonds is 8. The molecule has 2 aliphatic rings. The Morgan fingerprint density at radius 2 is 1.97 bits per heavy atom. The Morgan fingerprint density at radius 1 is 1.17 bits per heavy atom. The number of amides is 1. The van der Waals surface area contributed by atoms with Gasteiger partial charge in [0.05, 0.1) is 0 Å². The van der Waals surface area contributed by atoms with Crippen LogP contribution in [-0.4, -0.2) is 44.9 Å². The first-order valence-electron chi connectivity index (χ1n) is 10.8. The van der Waals surface area contributed by atoms with E-state index in [1.807, 2.05) is 31.6 Å². The molecule has 4 rings (SSSR count). The number of hydrogen-bond donors (Lipinski definition) is 1. The van der Waals surface area contributed by atoms with Crippen LogP contribution in [0, 0.1) is 12.3 Å². The Kier molecular flexibility index (Phi) is 6.19. The largest absolute Gasteiger partial charge is 0.353 e. The molecule has 1 amide bonds. The van der Waals surface area contributed by atoms with Crippen molar-refractivity contribution in [2.24, 2.45) is 5.41 Å². The molecule has 1 unspecified atom stereocenters. The fourth-order valence-corrected chi connectivity index (χ4v) is 4.45. The number of hydrogen-bond acceptors (Lipinski definition) is 5. The average molecular weight is 394 g/mol. The summed E-state index contributed by atoms with van der Waals surface area (Å²) in [6, 6.07) is 4.45. The Morgan fingerprint density at radius 3 is 2.69 bits per heavy atom. The fourth-order valence-electron chi connectivity index (χ4n) is 4.45. The quantitative estimate of drug-likeness (QED) is 0.698. The van der Waals surface area contributed by atoms with Crippen molar-refractivity contribution in [1.82, 2.24) is 25.2 Å². The monoisotopic (exact) mass is 393 g/mol. The topological polar surface area (TPSA) is 71.0 Å². The third-order valence-electron chi connectivity index (χ3n) is 6.46. The molecule has 29 heavy (non-hydrogen) atoms. The summed E-state index contributed by atoms with van der Waals surface area (Å²) in [5.74, 6) is 1.04. The van der Waals surface area contributed by atoms with Crippen molar-refractivity contribution in [2.75, 3.05) is 13.1 Å². The molecular formula is C23H31N5O. The lowest BCUT2D eigenvalue weighted by molar-refractivity contribution is -0.121. The maximum Gasteiger partial charge on any atom is 0.220 e. The van der Waals surface area contributed by atoms with Gasteiger partial charge in [-0.3, -0.25) is 14.7 Å². The predicted octanol–water partition coefficient (Wildman–Crippen LogP) is 3.06. The number of piperidine rings is 1. The minimum absolute atomic E-state index is 0.220. The van der Waals surface area contributed by atoms with Crippen LogP contribution in [-0.2, 0) is 17.8 Å². The van der Waals surface area contributed by atoms with Crippen molar-refractivity contribution in [3.8, 4) is 0 Å². The molecule has 154 valence electrons. The summed E-state index contributed by atoms with van der Waals surface area (Å²) in [5.41, 5.74) is 2.78. The normalized spacial score (nSPS) is 20.5. The van der Waals surface area contributed by atoms with Gasteiger partial charge in [0.25, 0.3) is 0 Å². The molecule has 6 heteroatoms. The zero-order valence-corrected chi connectivity index (χ0v) is 17.3. The number of likely N-dealkylation sites (tertiary alicyclic amines) is 1. The van der Waals surface area contributed by atoms with Gasteiger partial charge in [-0.25, -0.2) is 9.97 Å². The molecule has 0 aromatic carbocycles. The Hall–Kier alpha value is -2.34. The van der Waals surface area contributed by atoms with Crippen molar-refractivity contribution in [3.63, 3.8) is 0 Å². The van der Waals surface area contributed by atoms with E-state index in [0.717, 1.165) is 51.1 Å². The summed E-state index contributed by atoms with van der Waals surface area (Å²) in [5, 5.41) is 3.29. The van der Waals surface area contributed by atoms with E-state index in [4.69, 9.17) is 0 Å². The van der Waals surface area contributed by atoms with Gasteiger partial charge in [-0.2, -0.15) is 0 Å². The molecule has 3 heterocycles. The third kappa shape index (κ3) is 5.38. The van der Waals surface area contributed by atoms with Crippen LogP contribution < -0.4 is 5.32 Å². The SMILES string of the molecule is Cc1ncc(CN2CCC3(CC2)CC3NC(=O)CCCCc2cccnc2)cn1. The van der Waals surface area contributed by atoms with E-state index in [2.05, 4.69) is 31.2 Å². The first-order valence-corrected chi connectivity index (χ1v) is 10.8. The Labute approximate surface area is 173 Å². The maximum absolute atomic E-state index is 12.3. The number of nitrogens with one attached hydrogen (secondary N) is 1. The van der Waals surface area contributed by atoms with E-state index in [0.29, 0.717) is 17.9 Å². The third-order valence-corrected chi connectivity index (χ3v) is 6.46. The highest BCUT2D eigenvalue weighted by molar-refractivity contribution is 5.76. The van der Waals surface area contributed by atoms with Crippen LogP contribution in [0.15, 0.2) is 36.9 Å². The summed E-state index contributed by atoms with van der Waals surface area (Å²) < 4.78 is 0. The number of carbonyl (C=O) groups excluding carboxylic acids is 1. The van der Waals surface area contributed by atoms with Gasteiger partial charge < -0.3 is 5.32 Å². The molecule has 1 spiro atoms. The second-order valence-corrected chi connectivity index (χ2v) is 8.67. The minimum Gasteiger partial charge on any atom is -0.353 e. The Bertz CT molecular complexity index is 800. The lowest BCUT2D eigenvalue weighted by Gasteiger charge is -2.32. The van der Waals surface area contributed by atoms with Crippen LogP contribution in [0.25, 0.3) is 0 Å². The van der Waals surface area contributed by atoms with Gasteiger partial charge >= 0.3 is 0 Å². The van der Waals surface area contributed by atoms with E-state index < -0.39 is 0 Å².